The lowest BCUT2D eigenvalue weighted by molar-refractivity contribution is -0.132. The van der Waals surface area contributed by atoms with Crippen molar-refractivity contribution in [1.82, 2.24) is 0 Å². The summed E-state index contributed by atoms with van der Waals surface area (Å²) in [5, 5.41) is 11.6. The molecule has 3 aromatic carbocycles. The first-order chi connectivity index (χ1) is 18.5. The van der Waals surface area contributed by atoms with E-state index >= 15 is 0 Å². The molecule has 1 amide bonds. The quantitative estimate of drug-likeness (QED) is 0.210. The fraction of sp³-hybridized carbons (Fsp3) is 0.312. The highest BCUT2D eigenvalue weighted by Gasteiger charge is 2.47. The maximum Gasteiger partial charge on any atom is 0.300 e. The van der Waals surface area contributed by atoms with Gasteiger partial charge in [-0.2, -0.15) is 0 Å². The van der Waals surface area contributed by atoms with Crippen molar-refractivity contribution in [3.63, 3.8) is 0 Å². The summed E-state index contributed by atoms with van der Waals surface area (Å²) in [6.07, 6.45) is 0.000478. The number of anilines is 2. The van der Waals surface area contributed by atoms with E-state index in [2.05, 4.69) is 0 Å². The highest BCUT2D eigenvalue weighted by molar-refractivity contribution is 6.51. The highest BCUT2D eigenvalue weighted by Crippen LogP contribution is 2.43. The van der Waals surface area contributed by atoms with Crippen molar-refractivity contribution in [1.29, 1.82) is 0 Å². The molecule has 1 aliphatic rings. The molecule has 0 spiro atoms. The van der Waals surface area contributed by atoms with E-state index in [0.717, 1.165) is 11.3 Å². The van der Waals surface area contributed by atoms with Gasteiger partial charge in [-0.15, -0.1) is 0 Å². The topological polar surface area (TPSA) is 79.3 Å². The maximum absolute atomic E-state index is 13.6. The first-order valence-electron chi connectivity index (χ1n) is 13.1. The molecule has 1 saturated heterocycles. The van der Waals surface area contributed by atoms with Crippen molar-refractivity contribution in [2.75, 3.05) is 31.0 Å². The number of Topliss-reactive ketones (excluding diaryl/α,β-unsaturated/α-hetero) is 1. The van der Waals surface area contributed by atoms with Gasteiger partial charge in [-0.25, -0.2) is 0 Å². The van der Waals surface area contributed by atoms with E-state index in [4.69, 9.17) is 9.47 Å². The molecular formula is C32H36N2O5. The SMILES string of the molecule is COc1ccc(/C(O)=C2/C(=O)C(=O)N(c3ccc(OC(C)C)cc3)C2c2ccc(N(C)C)cc2)cc1C(C)C. The predicted octanol–water partition coefficient (Wildman–Crippen LogP) is 6.30. The molecule has 204 valence electrons. The number of methoxy groups -OCH3 is 1. The fourth-order valence-electron chi connectivity index (χ4n) is 4.81. The van der Waals surface area contributed by atoms with Crippen LogP contribution in [0.25, 0.3) is 5.76 Å². The van der Waals surface area contributed by atoms with Crippen molar-refractivity contribution < 1.29 is 24.2 Å². The molecule has 0 saturated carbocycles. The van der Waals surface area contributed by atoms with E-state index in [9.17, 15) is 14.7 Å². The zero-order valence-corrected chi connectivity index (χ0v) is 23.6. The second-order valence-electron chi connectivity index (χ2n) is 10.4. The number of benzene rings is 3. The summed E-state index contributed by atoms with van der Waals surface area (Å²) in [5.41, 5.74) is 3.60. The van der Waals surface area contributed by atoms with Crippen molar-refractivity contribution in [2.45, 2.75) is 45.8 Å². The van der Waals surface area contributed by atoms with Crippen molar-refractivity contribution in [2.24, 2.45) is 0 Å². The van der Waals surface area contributed by atoms with Crippen LogP contribution in [0.1, 0.15) is 56.3 Å². The normalized spacial score (nSPS) is 16.7. The Balaban J connectivity index is 1.89. The van der Waals surface area contributed by atoms with Crippen LogP contribution in [0, 0.1) is 0 Å². The molecule has 1 aliphatic heterocycles. The number of rotatable bonds is 8. The van der Waals surface area contributed by atoms with Gasteiger partial charge in [0.25, 0.3) is 11.7 Å². The summed E-state index contributed by atoms with van der Waals surface area (Å²) in [7, 11) is 5.48. The number of nitrogens with zero attached hydrogens (tertiary/aromatic N) is 2. The van der Waals surface area contributed by atoms with Gasteiger partial charge >= 0.3 is 0 Å². The summed E-state index contributed by atoms with van der Waals surface area (Å²) in [6, 6.07) is 19.2. The largest absolute Gasteiger partial charge is 0.507 e. The van der Waals surface area contributed by atoms with Gasteiger partial charge in [0.15, 0.2) is 0 Å². The molecule has 0 bridgehead atoms. The molecule has 0 aromatic heterocycles. The number of ketones is 1. The molecule has 0 aliphatic carbocycles. The Morgan fingerprint density at radius 3 is 2.10 bits per heavy atom. The number of aliphatic hydroxyl groups excluding tert-OH is 1. The third-order valence-electron chi connectivity index (χ3n) is 6.78. The van der Waals surface area contributed by atoms with Crippen molar-refractivity contribution >= 4 is 28.8 Å². The fourth-order valence-corrected chi connectivity index (χ4v) is 4.81. The molecule has 1 atom stereocenters. The van der Waals surface area contributed by atoms with Crippen LogP contribution in [0.4, 0.5) is 11.4 Å². The van der Waals surface area contributed by atoms with E-state index in [-0.39, 0.29) is 23.4 Å². The number of aliphatic hydroxyl groups is 1. The zero-order chi connectivity index (χ0) is 28.4. The highest BCUT2D eigenvalue weighted by atomic mass is 16.5. The lowest BCUT2D eigenvalue weighted by Crippen LogP contribution is -2.29. The summed E-state index contributed by atoms with van der Waals surface area (Å²) in [6.45, 7) is 7.93. The van der Waals surface area contributed by atoms with Gasteiger partial charge in [-0.3, -0.25) is 14.5 Å². The van der Waals surface area contributed by atoms with Gasteiger partial charge in [0.1, 0.15) is 17.3 Å². The lowest BCUT2D eigenvalue weighted by atomic mass is 9.93. The minimum Gasteiger partial charge on any atom is -0.507 e. The van der Waals surface area contributed by atoms with Crippen LogP contribution in [0.3, 0.4) is 0 Å². The Hall–Kier alpha value is -4.26. The minimum atomic E-state index is -0.817. The summed E-state index contributed by atoms with van der Waals surface area (Å²) in [5.74, 6) is -0.178. The Bertz CT molecular complexity index is 1390. The third kappa shape index (κ3) is 5.48. The molecular weight excluding hydrogens is 492 g/mol. The molecule has 1 N–H and O–H groups in total. The molecule has 1 heterocycles. The van der Waals surface area contributed by atoms with Crippen LogP contribution in [0.15, 0.2) is 72.3 Å². The summed E-state index contributed by atoms with van der Waals surface area (Å²) < 4.78 is 11.3. The van der Waals surface area contributed by atoms with E-state index in [1.165, 1.54) is 4.90 Å². The smallest absolute Gasteiger partial charge is 0.300 e. The molecule has 0 radical (unpaired) electrons. The third-order valence-corrected chi connectivity index (χ3v) is 6.78. The van der Waals surface area contributed by atoms with Crippen LogP contribution >= 0.6 is 0 Å². The number of ether oxygens (including phenoxy) is 2. The Morgan fingerprint density at radius 1 is 0.923 bits per heavy atom. The zero-order valence-electron chi connectivity index (χ0n) is 23.6. The van der Waals surface area contributed by atoms with E-state index in [0.29, 0.717) is 28.3 Å². The van der Waals surface area contributed by atoms with Crippen LogP contribution < -0.4 is 19.3 Å². The van der Waals surface area contributed by atoms with Gasteiger partial charge in [0.05, 0.1) is 24.8 Å². The molecule has 1 unspecified atom stereocenters. The van der Waals surface area contributed by atoms with Gasteiger partial charge in [0.2, 0.25) is 0 Å². The van der Waals surface area contributed by atoms with Crippen molar-refractivity contribution in [3.05, 3.63) is 89.0 Å². The number of amides is 1. The Kier molecular flexibility index (Phi) is 8.00. The number of hydrogen-bond donors (Lipinski definition) is 1. The Morgan fingerprint density at radius 2 is 1.56 bits per heavy atom. The second-order valence-corrected chi connectivity index (χ2v) is 10.4. The number of carbonyl (C=O) groups is 2. The summed E-state index contributed by atoms with van der Waals surface area (Å²) >= 11 is 0. The first-order valence-corrected chi connectivity index (χ1v) is 13.1. The molecule has 1 fully saturated rings. The van der Waals surface area contributed by atoms with E-state index in [1.807, 2.05) is 77.0 Å². The van der Waals surface area contributed by atoms with Crippen molar-refractivity contribution in [3.8, 4) is 11.5 Å². The first kappa shape index (κ1) is 27.8. The van der Waals surface area contributed by atoms with Gasteiger partial charge in [-0.1, -0.05) is 26.0 Å². The van der Waals surface area contributed by atoms with E-state index in [1.54, 1.807) is 43.5 Å². The Labute approximate surface area is 230 Å². The summed E-state index contributed by atoms with van der Waals surface area (Å²) in [4.78, 5) is 30.5. The van der Waals surface area contributed by atoms with Crippen LogP contribution in [-0.2, 0) is 9.59 Å². The average molecular weight is 529 g/mol. The molecule has 39 heavy (non-hydrogen) atoms. The predicted molar refractivity (Wildman–Crippen MR) is 155 cm³/mol. The molecule has 4 rings (SSSR count). The maximum atomic E-state index is 13.6. The molecule has 7 heteroatoms. The second kappa shape index (κ2) is 11.2. The average Bonchev–Trinajstić information content (AvgIpc) is 3.18. The number of hydrogen-bond acceptors (Lipinski definition) is 6. The van der Waals surface area contributed by atoms with Crippen LogP contribution in [0.5, 0.6) is 11.5 Å². The standard InChI is InChI=1S/C32H36N2O5/c1-19(2)26-18-22(10-17-27(26)38-7)30(35)28-29(21-8-11-23(12-9-21)33(5)6)34(32(37)31(28)36)24-13-15-25(16-14-24)39-20(3)4/h8-20,29,35H,1-7H3/b30-28-. The van der Waals surface area contributed by atoms with Crippen LogP contribution in [0.2, 0.25) is 0 Å². The van der Waals surface area contributed by atoms with Gasteiger partial charge in [-0.05, 0) is 85.5 Å². The van der Waals surface area contributed by atoms with E-state index < -0.39 is 17.7 Å². The number of carbonyl (C=O) groups excluding carboxylic acids is 2. The van der Waals surface area contributed by atoms with Gasteiger partial charge < -0.3 is 19.5 Å². The van der Waals surface area contributed by atoms with Gasteiger partial charge in [0, 0.05) is 31.0 Å². The lowest BCUT2D eigenvalue weighted by Gasteiger charge is -2.26. The minimum absolute atomic E-state index is 0.000478. The monoisotopic (exact) mass is 528 g/mol. The molecule has 3 aromatic rings. The van der Waals surface area contributed by atoms with Crippen LogP contribution in [-0.4, -0.2) is 44.1 Å². The molecule has 7 nitrogen and oxygen atoms in total.